The van der Waals surface area contributed by atoms with Gasteiger partial charge in [-0.3, -0.25) is 0 Å². The van der Waals surface area contributed by atoms with Gasteiger partial charge in [0.15, 0.2) is 0 Å². The van der Waals surface area contributed by atoms with Crippen LogP contribution in [0, 0.1) is 5.92 Å². The summed E-state index contributed by atoms with van der Waals surface area (Å²) in [6, 6.07) is -0.769. The van der Waals surface area contributed by atoms with Crippen LogP contribution in [0.2, 0.25) is 0 Å². The molecular formula is C10H12F4N4. The van der Waals surface area contributed by atoms with Crippen LogP contribution in [0.1, 0.15) is 30.5 Å². The minimum Gasteiger partial charge on any atom is -0.303 e. The van der Waals surface area contributed by atoms with Crippen molar-refractivity contribution in [2.45, 2.75) is 37.8 Å². The summed E-state index contributed by atoms with van der Waals surface area (Å²) in [5.74, 6) is -1.18. The van der Waals surface area contributed by atoms with E-state index in [0.29, 0.717) is 6.54 Å². The van der Waals surface area contributed by atoms with Crippen molar-refractivity contribution in [2.75, 3.05) is 6.54 Å². The molecule has 1 fully saturated rings. The fourth-order valence-corrected chi connectivity index (χ4v) is 2.23. The fraction of sp³-hybridized carbons (Fsp3) is 0.800. The molecule has 2 heterocycles. The van der Waals surface area contributed by atoms with Crippen LogP contribution in [0.15, 0.2) is 0 Å². The molecule has 2 unspecified atom stereocenters. The molecular weight excluding hydrogens is 252 g/mol. The molecule has 1 aliphatic carbocycles. The summed E-state index contributed by atoms with van der Waals surface area (Å²) in [6.45, 7) is 0.692. The first-order valence-corrected chi connectivity index (χ1v) is 5.86. The van der Waals surface area contributed by atoms with Crippen LogP contribution in [0.4, 0.5) is 17.6 Å². The highest BCUT2D eigenvalue weighted by Crippen LogP contribution is 2.40. The van der Waals surface area contributed by atoms with Crippen molar-refractivity contribution in [1.29, 1.82) is 0 Å². The normalized spacial score (nSPS) is 25.9. The number of aromatic nitrogens is 3. The van der Waals surface area contributed by atoms with Crippen molar-refractivity contribution < 1.29 is 17.6 Å². The minimum absolute atomic E-state index is 0.0555. The van der Waals surface area contributed by atoms with E-state index in [1.807, 2.05) is 0 Å². The summed E-state index contributed by atoms with van der Waals surface area (Å²) in [7, 11) is 0. The number of hydrogen-bond acceptors (Lipinski definition) is 3. The molecule has 0 saturated heterocycles. The molecule has 1 N–H and O–H groups in total. The second-order valence-corrected chi connectivity index (χ2v) is 4.73. The molecule has 0 amide bonds. The molecule has 2 atom stereocenters. The lowest BCUT2D eigenvalue weighted by Gasteiger charge is -2.26. The Morgan fingerprint density at radius 1 is 1.33 bits per heavy atom. The zero-order valence-corrected chi connectivity index (χ0v) is 9.41. The quantitative estimate of drug-likeness (QED) is 0.827. The Labute approximate surface area is 100 Å². The van der Waals surface area contributed by atoms with E-state index in [2.05, 4.69) is 15.4 Å². The zero-order valence-electron chi connectivity index (χ0n) is 9.41. The molecule has 0 radical (unpaired) electrons. The van der Waals surface area contributed by atoms with E-state index < -0.39 is 24.2 Å². The maximum atomic E-state index is 14.0. The van der Waals surface area contributed by atoms with Crippen molar-refractivity contribution in [3.63, 3.8) is 0 Å². The molecule has 1 aliphatic heterocycles. The number of fused-ring (bicyclic) bond motifs is 1. The lowest BCUT2D eigenvalue weighted by molar-refractivity contribution is -0.145. The lowest BCUT2D eigenvalue weighted by Crippen LogP contribution is -2.39. The zero-order chi connectivity index (χ0) is 12.9. The molecule has 18 heavy (non-hydrogen) atoms. The van der Waals surface area contributed by atoms with E-state index in [0.717, 1.165) is 12.8 Å². The molecule has 0 aromatic carbocycles. The van der Waals surface area contributed by atoms with Crippen molar-refractivity contribution in [3.05, 3.63) is 11.6 Å². The first kappa shape index (κ1) is 11.9. The van der Waals surface area contributed by atoms with E-state index in [1.54, 1.807) is 0 Å². The highest BCUT2D eigenvalue weighted by atomic mass is 19.4. The topological polar surface area (TPSA) is 42.7 Å². The van der Waals surface area contributed by atoms with Crippen LogP contribution < -0.4 is 5.32 Å². The average molecular weight is 264 g/mol. The van der Waals surface area contributed by atoms with Crippen molar-refractivity contribution in [3.8, 4) is 0 Å². The number of rotatable bonds is 2. The molecule has 1 saturated carbocycles. The predicted octanol–water partition coefficient (Wildman–Crippen LogP) is 1.69. The van der Waals surface area contributed by atoms with Gasteiger partial charge in [0.05, 0.1) is 12.6 Å². The molecule has 4 nitrogen and oxygen atoms in total. The Hall–Kier alpha value is -1.18. The molecule has 2 aliphatic rings. The summed E-state index contributed by atoms with van der Waals surface area (Å²) in [4.78, 5) is 3.46. The van der Waals surface area contributed by atoms with Gasteiger partial charge in [0.25, 0.3) is 5.82 Å². The van der Waals surface area contributed by atoms with Gasteiger partial charge in [0.2, 0.25) is 0 Å². The van der Waals surface area contributed by atoms with Crippen LogP contribution >= 0.6 is 0 Å². The Balaban J connectivity index is 1.92. The number of nitrogens with one attached hydrogen (secondary N) is 1. The van der Waals surface area contributed by atoms with Crippen LogP contribution in [0.25, 0.3) is 0 Å². The highest BCUT2D eigenvalue weighted by molar-refractivity contribution is 5.08. The molecule has 0 bridgehead atoms. The smallest absolute Gasteiger partial charge is 0.303 e. The van der Waals surface area contributed by atoms with Gasteiger partial charge in [0, 0.05) is 6.54 Å². The van der Waals surface area contributed by atoms with Crippen molar-refractivity contribution in [1.82, 2.24) is 20.1 Å². The Bertz CT molecular complexity index is 451. The Morgan fingerprint density at radius 2 is 2.06 bits per heavy atom. The maximum Gasteiger partial charge on any atom is 0.453 e. The minimum atomic E-state index is -4.58. The third-order valence-electron chi connectivity index (χ3n) is 3.31. The monoisotopic (exact) mass is 264 g/mol. The van der Waals surface area contributed by atoms with E-state index in [1.165, 1.54) is 4.68 Å². The van der Waals surface area contributed by atoms with Gasteiger partial charge in [-0.05, 0) is 18.8 Å². The summed E-state index contributed by atoms with van der Waals surface area (Å²) in [6.07, 6.45) is -4.19. The Kier molecular flexibility index (Phi) is 2.58. The van der Waals surface area contributed by atoms with Crippen LogP contribution in [-0.4, -0.2) is 27.5 Å². The standard InChI is InChI=1S/C10H12F4N4/c11-6(5-1-2-5)7-8-16-9(10(12,13)14)17-18(8)4-3-15-7/h5-7,15H,1-4H2. The number of halogens is 4. The van der Waals surface area contributed by atoms with Crippen LogP contribution in [0.5, 0.6) is 0 Å². The number of nitrogens with zero attached hydrogens (tertiary/aromatic N) is 3. The van der Waals surface area contributed by atoms with Gasteiger partial charge in [-0.1, -0.05) is 0 Å². The van der Waals surface area contributed by atoms with Gasteiger partial charge in [0.1, 0.15) is 12.0 Å². The largest absolute Gasteiger partial charge is 0.453 e. The molecule has 3 rings (SSSR count). The van der Waals surface area contributed by atoms with E-state index >= 15 is 0 Å². The molecule has 1 aromatic rings. The summed E-state index contributed by atoms with van der Waals surface area (Å²) in [5.41, 5.74) is 0. The fourth-order valence-electron chi connectivity index (χ4n) is 2.23. The second-order valence-electron chi connectivity index (χ2n) is 4.73. The predicted molar refractivity (Wildman–Crippen MR) is 53.4 cm³/mol. The van der Waals surface area contributed by atoms with Crippen LogP contribution in [0.3, 0.4) is 0 Å². The second kappa shape index (κ2) is 3.91. The van der Waals surface area contributed by atoms with Crippen molar-refractivity contribution in [2.24, 2.45) is 5.92 Å². The molecule has 0 spiro atoms. The summed E-state index contributed by atoms with van der Waals surface area (Å²) in [5, 5.41) is 6.30. The molecule has 8 heteroatoms. The summed E-state index contributed by atoms with van der Waals surface area (Å²) >= 11 is 0. The first-order chi connectivity index (χ1) is 8.47. The van der Waals surface area contributed by atoms with Crippen LogP contribution in [-0.2, 0) is 12.7 Å². The van der Waals surface area contributed by atoms with Gasteiger partial charge in [-0.25, -0.2) is 14.1 Å². The third kappa shape index (κ3) is 1.98. The molecule has 1 aromatic heterocycles. The Morgan fingerprint density at radius 3 is 2.67 bits per heavy atom. The van der Waals surface area contributed by atoms with E-state index in [9.17, 15) is 17.6 Å². The van der Waals surface area contributed by atoms with Crippen molar-refractivity contribution >= 4 is 0 Å². The van der Waals surface area contributed by atoms with E-state index in [4.69, 9.17) is 0 Å². The molecule has 100 valence electrons. The number of hydrogen-bond donors (Lipinski definition) is 1. The van der Waals surface area contributed by atoms with Gasteiger partial charge >= 0.3 is 6.18 Å². The third-order valence-corrected chi connectivity index (χ3v) is 3.31. The first-order valence-electron chi connectivity index (χ1n) is 5.86. The van der Waals surface area contributed by atoms with E-state index in [-0.39, 0.29) is 18.3 Å². The lowest BCUT2D eigenvalue weighted by atomic mass is 10.1. The van der Waals surface area contributed by atoms with Gasteiger partial charge < -0.3 is 5.32 Å². The average Bonchev–Trinajstić information content (AvgIpc) is 3.04. The highest BCUT2D eigenvalue weighted by Gasteiger charge is 2.43. The van der Waals surface area contributed by atoms with Gasteiger partial charge in [-0.2, -0.15) is 13.2 Å². The maximum absolute atomic E-state index is 14.0. The summed E-state index contributed by atoms with van der Waals surface area (Å²) < 4.78 is 52.8. The van der Waals surface area contributed by atoms with Gasteiger partial charge in [-0.15, -0.1) is 5.10 Å². The number of alkyl halides is 4. The SMILES string of the molecule is FC(C1CC1)C1NCCn2nc(C(F)(F)F)nc21.